The van der Waals surface area contributed by atoms with Gasteiger partial charge in [-0.25, -0.2) is 0 Å². The number of anilines is 1. The van der Waals surface area contributed by atoms with Gasteiger partial charge in [0.05, 0.1) is 6.54 Å². The van der Waals surface area contributed by atoms with Gasteiger partial charge in [-0.2, -0.15) is 0 Å². The standard InChI is InChI=1S/C22H24N4O/c1-16-4-3-15-26(16)22(27)19-8-6-17(7-9-19)5-2-14-25-20-12-10-18(11-13-20)21(23)24/h6-13,16,25H,3-4,14-15H2,1H3,(H3,23,24). The molecule has 2 aromatic rings. The SMILES string of the molecule is CC1CCCN1C(=O)c1ccc(C#CCNc2ccc(C(=N)N)cc2)cc1. The maximum Gasteiger partial charge on any atom is 0.254 e. The van der Waals surface area contributed by atoms with Crippen LogP contribution in [0.2, 0.25) is 0 Å². The number of hydrogen-bond donors (Lipinski definition) is 3. The summed E-state index contributed by atoms with van der Waals surface area (Å²) in [5.74, 6) is 6.34. The molecule has 1 amide bonds. The van der Waals surface area contributed by atoms with Gasteiger partial charge in [0.25, 0.3) is 5.91 Å². The van der Waals surface area contributed by atoms with Gasteiger partial charge in [0.2, 0.25) is 0 Å². The van der Waals surface area contributed by atoms with Crippen LogP contribution in [0.5, 0.6) is 0 Å². The maximum atomic E-state index is 12.5. The quantitative estimate of drug-likeness (QED) is 0.445. The number of carbonyl (C=O) groups excluding carboxylic acids is 1. The number of rotatable bonds is 4. The van der Waals surface area contributed by atoms with Crippen molar-refractivity contribution in [1.82, 2.24) is 4.90 Å². The second-order valence-electron chi connectivity index (χ2n) is 6.71. The summed E-state index contributed by atoms with van der Waals surface area (Å²) >= 11 is 0. The van der Waals surface area contributed by atoms with Crippen LogP contribution < -0.4 is 11.1 Å². The average molecular weight is 360 g/mol. The molecule has 138 valence electrons. The largest absolute Gasteiger partial charge is 0.384 e. The highest BCUT2D eigenvalue weighted by Gasteiger charge is 2.25. The predicted octanol–water partition coefficient (Wildman–Crippen LogP) is 3.06. The summed E-state index contributed by atoms with van der Waals surface area (Å²) in [7, 11) is 0. The molecule has 1 unspecified atom stereocenters. The van der Waals surface area contributed by atoms with Gasteiger partial charge < -0.3 is 16.0 Å². The first kappa shape index (κ1) is 18.5. The van der Waals surface area contributed by atoms with Crippen LogP contribution in [0.25, 0.3) is 0 Å². The lowest BCUT2D eigenvalue weighted by atomic mass is 10.1. The molecule has 1 fully saturated rings. The summed E-state index contributed by atoms with van der Waals surface area (Å²) in [6, 6.07) is 15.2. The zero-order chi connectivity index (χ0) is 19.2. The van der Waals surface area contributed by atoms with Gasteiger partial charge in [0.1, 0.15) is 5.84 Å². The Balaban J connectivity index is 1.54. The number of amidine groups is 1. The number of nitrogens with two attached hydrogens (primary N) is 1. The van der Waals surface area contributed by atoms with Crippen molar-refractivity contribution in [2.75, 3.05) is 18.4 Å². The Labute approximate surface area is 160 Å². The smallest absolute Gasteiger partial charge is 0.254 e. The van der Waals surface area contributed by atoms with Gasteiger partial charge in [-0.05, 0) is 68.3 Å². The molecule has 27 heavy (non-hydrogen) atoms. The van der Waals surface area contributed by atoms with Crippen LogP contribution in [0.15, 0.2) is 48.5 Å². The van der Waals surface area contributed by atoms with Gasteiger partial charge in [0, 0.05) is 35.0 Å². The first-order chi connectivity index (χ1) is 13.0. The Morgan fingerprint density at radius 1 is 1.19 bits per heavy atom. The van der Waals surface area contributed by atoms with Crippen LogP contribution in [-0.2, 0) is 0 Å². The molecule has 5 heteroatoms. The van der Waals surface area contributed by atoms with Gasteiger partial charge >= 0.3 is 0 Å². The average Bonchev–Trinajstić information content (AvgIpc) is 3.11. The first-order valence-electron chi connectivity index (χ1n) is 9.13. The summed E-state index contributed by atoms with van der Waals surface area (Å²) in [4.78, 5) is 14.5. The van der Waals surface area contributed by atoms with E-state index in [1.54, 1.807) is 12.1 Å². The summed E-state index contributed by atoms with van der Waals surface area (Å²) in [5, 5.41) is 10.6. The van der Waals surface area contributed by atoms with Crippen molar-refractivity contribution in [2.24, 2.45) is 5.73 Å². The van der Waals surface area contributed by atoms with Crippen LogP contribution in [0.4, 0.5) is 5.69 Å². The van der Waals surface area contributed by atoms with Gasteiger partial charge in [-0.1, -0.05) is 11.8 Å². The minimum Gasteiger partial charge on any atom is -0.384 e. The van der Waals surface area contributed by atoms with E-state index in [-0.39, 0.29) is 11.7 Å². The Hall–Kier alpha value is -3.26. The van der Waals surface area contributed by atoms with Crippen LogP contribution in [-0.4, -0.2) is 35.8 Å². The molecule has 0 aromatic heterocycles. The number of nitrogens with zero attached hydrogens (tertiary/aromatic N) is 1. The van der Waals surface area contributed by atoms with E-state index in [1.807, 2.05) is 41.3 Å². The van der Waals surface area contributed by atoms with E-state index >= 15 is 0 Å². The van der Waals surface area contributed by atoms with Crippen LogP contribution in [0.3, 0.4) is 0 Å². The Kier molecular flexibility index (Phi) is 5.77. The normalized spacial score (nSPS) is 15.7. The molecule has 1 aliphatic rings. The highest BCUT2D eigenvalue weighted by atomic mass is 16.2. The fourth-order valence-electron chi connectivity index (χ4n) is 3.16. The monoisotopic (exact) mass is 360 g/mol. The topological polar surface area (TPSA) is 82.2 Å². The molecule has 2 aromatic carbocycles. The number of nitrogen functional groups attached to an aromatic ring is 1. The third-order valence-electron chi connectivity index (χ3n) is 4.76. The van der Waals surface area contributed by atoms with Crippen molar-refractivity contribution in [3.05, 3.63) is 65.2 Å². The van der Waals surface area contributed by atoms with Crippen molar-refractivity contribution >= 4 is 17.4 Å². The lowest BCUT2D eigenvalue weighted by Gasteiger charge is -2.21. The molecular formula is C22H24N4O. The minimum atomic E-state index is 0.0578. The van der Waals surface area contributed by atoms with E-state index in [9.17, 15) is 4.79 Å². The summed E-state index contributed by atoms with van der Waals surface area (Å²) in [5.41, 5.74) is 8.67. The summed E-state index contributed by atoms with van der Waals surface area (Å²) in [6.45, 7) is 3.46. The number of likely N-dealkylation sites (tertiary alicyclic amines) is 1. The number of amides is 1. The number of carbonyl (C=O) groups is 1. The zero-order valence-electron chi connectivity index (χ0n) is 15.5. The molecule has 0 radical (unpaired) electrons. The Morgan fingerprint density at radius 3 is 2.44 bits per heavy atom. The van der Waals surface area contributed by atoms with Crippen LogP contribution in [0, 0.1) is 17.3 Å². The Bertz CT molecular complexity index is 875. The third-order valence-corrected chi connectivity index (χ3v) is 4.76. The van der Waals surface area contributed by atoms with E-state index in [0.29, 0.717) is 18.2 Å². The molecule has 0 bridgehead atoms. The fraction of sp³-hybridized carbons (Fsp3) is 0.273. The second-order valence-corrected chi connectivity index (χ2v) is 6.71. The molecule has 5 nitrogen and oxygen atoms in total. The lowest BCUT2D eigenvalue weighted by Crippen LogP contribution is -2.33. The molecule has 1 atom stereocenters. The predicted molar refractivity (Wildman–Crippen MR) is 109 cm³/mol. The molecular weight excluding hydrogens is 336 g/mol. The van der Waals surface area contributed by atoms with E-state index in [4.69, 9.17) is 11.1 Å². The van der Waals surface area contributed by atoms with Crippen molar-refractivity contribution in [2.45, 2.75) is 25.8 Å². The molecule has 3 rings (SSSR count). The second kappa shape index (κ2) is 8.41. The number of benzene rings is 2. The maximum absolute atomic E-state index is 12.5. The minimum absolute atomic E-state index is 0.0578. The molecule has 0 aliphatic carbocycles. The van der Waals surface area contributed by atoms with Crippen molar-refractivity contribution in [3.63, 3.8) is 0 Å². The molecule has 1 saturated heterocycles. The highest BCUT2D eigenvalue weighted by molar-refractivity contribution is 5.95. The number of nitrogens with one attached hydrogen (secondary N) is 2. The molecule has 0 spiro atoms. The van der Waals surface area contributed by atoms with Crippen molar-refractivity contribution < 1.29 is 4.79 Å². The molecule has 1 heterocycles. The van der Waals surface area contributed by atoms with Crippen LogP contribution in [0.1, 0.15) is 41.3 Å². The fourth-order valence-corrected chi connectivity index (χ4v) is 3.16. The van der Waals surface area contributed by atoms with E-state index in [1.165, 1.54) is 0 Å². The van der Waals surface area contributed by atoms with E-state index < -0.39 is 0 Å². The molecule has 1 aliphatic heterocycles. The Morgan fingerprint density at radius 2 is 1.85 bits per heavy atom. The van der Waals surface area contributed by atoms with Gasteiger partial charge in [0.15, 0.2) is 0 Å². The van der Waals surface area contributed by atoms with E-state index in [0.717, 1.165) is 36.2 Å². The van der Waals surface area contributed by atoms with Crippen molar-refractivity contribution in [3.8, 4) is 11.8 Å². The zero-order valence-corrected chi connectivity index (χ0v) is 15.5. The lowest BCUT2D eigenvalue weighted by molar-refractivity contribution is 0.0747. The van der Waals surface area contributed by atoms with E-state index in [2.05, 4.69) is 24.1 Å². The highest BCUT2D eigenvalue weighted by Crippen LogP contribution is 2.19. The first-order valence-corrected chi connectivity index (χ1v) is 9.13. The third kappa shape index (κ3) is 4.68. The summed E-state index contributed by atoms with van der Waals surface area (Å²) < 4.78 is 0. The van der Waals surface area contributed by atoms with Gasteiger partial charge in [-0.3, -0.25) is 10.2 Å². The molecule has 0 saturated carbocycles. The van der Waals surface area contributed by atoms with Crippen LogP contribution >= 0.6 is 0 Å². The molecule has 4 N–H and O–H groups in total. The van der Waals surface area contributed by atoms with Gasteiger partial charge in [-0.15, -0.1) is 0 Å². The van der Waals surface area contributed by atoms with Crippen molar-refractivity contribution in [1.29, 1.82) is 5.41 Å². The number of hydrogen-bond acceptors (Lipinski definition) is 3. The summed E-state index contributed by atoms with van der Waals surface area (Å²) in [6.07, 6.45) is 2.17.